The van der Waals surface area contributed by atoms with Gasteiger partial charge < -0.3 is 10.4 Å². The fourth-order valence-electron chi connectivity index (χ4n) is 2.90. The first kappa shape index (κ1) is 25.2. The number of amides is 1. The normalized spacial score (nSPS) is 11.8. The summed E-state index contributed by atoms with van der Waals surface area (Å²) in [5, 5.41) is 11.8. The minimum atomic E-state index is -4.55. The maximum absolute atomic E-state index is 12.8. The molecule has 0 saturated heterocycles. The van der Waals surface area contributed by atoms with Gasteiger partial charge >= 0.3 is 12.1 Å². The number of halogens is 4. The molecule has 12 heteroatoms. The molecule has 0 fully saturated rings. The number of hydrogen-bond acceptors (Lipinski definition) is 4. The van der Waals surface area contributed by atoms with Gasteiger partial charge in [-0.05, 0) is 54.1 Å². The number of aromatic carboxylic acids is 1. The van der Waals surface area contributed by atoms with Crippen LogP contribution in [0.4, 0.5) is 18.9 Å². The molecule has 0 aromatic heterocycles. The maximum atomic E-state index is 12.8. The Kier molecular flexibility index (Phi) is 7.29. The Hall–Kier alpha value is -3.41. The number of anilines is 1. The molecule has 3 N–H and O–H groups in total. The monoisotopic (exact) mass is 512 g/mol. The lowest BCUT2D eigenvalue weighted by atomic mass is 10.1. The lowest BCUT2D eigenvalue weighted by Crippen LogP contribution is -2.23. The predicted octanol–water partition coefficient (Wildman–Crippen LogP) is 4.79. The third-order valence-corrected chi connectivity index (χ3v) is 6.26. The van der Waals surface area contributed by atoms with Crippen molar-refractivity contribution in [3.05, 3.63) is 94.0 Å². The molecule has 3 aromatic rings. The van der Waals surface area contributed by atoms with Gasteiger partial charge in [-0.2, -0.15) is 13.2 Å². The second kappa shape index (κ2) is 9.84. The van der Waals surface area contributed by atoms with Gasteiger partial charge in [-0.3, -0.25) is 4.79 Å². The molecule has 0 aliphatic rings. The Morgan fingerprint density at radius 3 is 2.26 bits per heavy atom. The quantitative estimate of drug-likeness (QED) is 0.421. The minimum Gasteiger partial charge on any atom is -0.478 e. The largest absolute Gasteiger partial charge is 0.478 e. The molecule has 0 atom stereocenters. The zero-order valence-electron chi connectivity index (χ0n) is 17.1. The van der Waals surface area contributed by atoms with Gasteiger partial charge in [0.2, 0.25) is 10.0 Å². The van der Waals surface area contributed by atoms with Crippen molar-refractivity contribution < 1.29 is 36.3 Å². The smallest absolute Gasteiger partial charge is 0.416 e. The fraction of sp³-hybridized carbons (Fsp3) is 0.0909. The van der Waals surface area contributed by atoms with Crippen molar-refractivity contribution in [1.82, 2.24) is 4.72 Å². The molecular weight excluding hydrogens is 497 g/mol. The van der Waals surface area contributed by atoms with Crippen LogP contribution in [0.1, 0.15) is 31.8 Å². The SMILES string of the molecule is O=C(Nc1ccc(Cl)cc1C(=O)O)c1ccc(S(=O)(=O)NCc2cccc(C(F)(F)F)c2)cc1. The fourth-order valence-corrected chi connectivity index (χ4v) is 4.09. The van der Waals surface area contributed by atoms with Crippen molar-refractivity contribution in [2.45, 2.75) is 17.6 Å². The molecule has 1 amide bonds. The van der Waals surface area contributed by atoms with Crippen molar-refractivity contribution >= 4 is 39.2 Å². The Morgan fingerprint density at radius 1 is 0.971 bits per heavy atom. The van der Waals surface area contributed by atoms with Gasteiger partial charge in [-0.15, -0.1) is 0 Å². The molecule has 0 aliphatic carbocycles. The number of benzene rings is 3. The molecule has 0 spiro atoms. The summed E-state index contributed by atoms with van der Waals surface area (Å²) in [7, 11) is -4.09. The van der Waals surface area contributed by atoms with Crippen LogP contribution in [0, 0.1) is 0 Å². The van der Waals surface area contributed by atoms with Crippen molar-refractivity contribution in [3.63, 3.8) is 0 Å². The highest BCUT2D eigenvalue weighted by Gasteiger charge is 2.30. The van der Waals surface area contributed by atoms with Gasteiger partial charge in [0.05, 0.1) is 21.7 Å². The lowest BCUT2D eigenvalue weighted by Gasteiger charge is -2.11. The summed E-state index contributed by atoms with van der Waals surface area (Å²) in [5.41, 5.74) is -0.957. The zero-order chi connectivity index (χ0) is 25.1. The van der Waals surface area contributed by atoms with E-state index in [1.54, 1.807) is 0 Å². The highest BCUT2D eigenvalue weighted by molar-refractivity contribution is 7.89. The summed E-state index contributed by atoms with van der Waals surface area (Å²) in [6.07, 6.45) is -4.55. The average Bonchev–Trinajstić information content (AvgIpc) is 2.78. The van der Waals surface area contributed by atoms with Crippen LogP contribution in [0.3, 0.4) is 0 Å². The second-order valence-corrected chi connectivity index (χ2v) is 9.20. The first-order chi connectivity index (χ1) is 15.9. The number of carboxylic acids is 1. The first-order valence-corrected chi connectivity index (χ1v) is 11.3. The van der Waals surface area contributed by atoms with Crippen LogP contribution in [0.25, 0.3) is 0 Å². The molecule has 0 saturated carbocycles. The molecule has 178 valence electrons. The number of hydrogen-bond donors (Lipinski definition) is 3. The van der Waals surface area contributed by atoms with E-state index >= 15 is 0 Å². The van der Waals surface area contributed by atoms with Crippen molar-refractivity contribution in [3.8, 4) is 0 Å². The Balaban J connectivity index is 1.71. The number of nitrogens with one attached hydrogen (secondary N) is 2. The second-order valence-electron chi connectivity index (χ2n) is 7.00. The van der Waals surface area contributed by atoms with E-state index in [0.717, 1.165) is 24.3 Å². The third-order valence-electron chi connectivity index (χ3n) is 4.61. The van der Waals surface area contributed by atoms with Crippen molar-refractivity contribution in [1.29, 1.82) is 0 Å². The molecule has 3 rings (SSSR count). The van der Waals surface area contributed by atoms with Crippen LogP contribution >= 0.6 is 11.6 Å². The van der Waals surface area contributed by atoms with E-state index in [1.807, 2.05) is 0 Å². The summed E-state index contributed by atoms with van der Waals surface area (Å²) in [6, 6.07) is 12.9. The number of carbonyl (C=O) groups excluding carboxylic acids is 1. The first-order valence-electron chi connectivity index (χ1n) is 9.47. The summed E-state index contributed by atoms with van der Waals surface area (Å²) in [6.45, 7) is -0.372. The van der Waals surface area contributed by atoms with Crippen molar-refractivity contribution in [2.75, 3.05) is 5.32 Å². The van der Waals surface area contributed by atoms with E-state index in [-0.39, 0.29) is 38.8 Å². The Bertz CT molecular complexity index is 1340. The van der Waals surface area contributed by atoms with Crippen LogP contribution < -0.4 is 10.0 Å². The number of sulfonamides is 1. The maximum Gasteiger partial charge on any atom is 0.416 e. The predicted molar refractivity (Wildman–Crippen MR) is 118 cm³/mol. The van der Waals surface area contributed by atoms with E-state index in [9.17, 15) is 36.3 Å². The topological polar surface area (TPSA) is 113 Å². The van der Waals surface area contributed by atoms with Gasteiger partial charge in [-0.1, -0.05) is 29.8 Å². The number of rotatable bonds is 7. The minimum absolute atomic E-state index is 0.00125. The summed E-state index contributed by atoms with van der Waals surface area (Å²) in [4.78, 5) is 23.6. The van der Waals surface area contributed by atoms with Gasteiger partial charge in [0, 0.05) is 17.1 Å². The Labute approximate surface area is 197 Å². The van der Waals surface area contributed by atoms with Gasteiger partial charge in [0.15, 0.2) is 0 Å². The van der Waals surface area contributed by atoms with Crippen LogP contribution in [-0.2, 0) is 22.7 Å². The van der Waals surface area contributed by atoms with Crippen molar-refractivity contribution in [2.24, 2.45) is 0 Å². The molecular formula is C22H16ClF3N2O5S. The van der Waals surface area contributed by atoms with E-state index in [1.165, 1.54) is 42.5 Å². The summed E-state index contributed by atoms with van der Waals surface area (Å²) in [5.74, 6) is -1.99. The molecule has 0 unspecified atom stereocenters. The van der Waals surface area contributed by atoms with E-state index in [2.05, 4.69) is 10.0 Å². The molecule has 7 nitrogen and oxygen atoms in total. The highest BCUT2D eigenvalue weighted by atomic mass is 35.5. The number of carbonyl (C=O) groups is 2. The average molecular weight is 513 g/mol. The standard InChI is InChI=1S/C22H16ClF3N2O5S/c23-16-6-9-19(18(11-16)21(30)31)28-20(29)14-4-7-17(8-5-14)34(32,33)27-12-13-2-1-3-15(10-13)22(24,25)26/h1-11,27H,12H2,(H,28,29)(H,30,31). The number of carboxylic acid groups (broad SMARTS) is 1. The van der Waals surface area contributed by atoms with E-state index in [4.69, 9.17) is 11.6 Å². The van der Waals surface area contributed by atoms with Gasteiger partial charge in [0.25, 0.3) is 5.91 Å². The zero-order valence-corrected chi connectivity index (χ0v) is 18.6. The molecule has 0 radical (unpaired) electrons. The molecule has 3 aromatic carbocycles. The van der Waals surface area contributed by atoms with E-state index < -0.39 is 33.6 Å². The summed E-state index contributed by atoms with van der Waals surface area (Å²) >= 11 is 5.78. The molecule has 0 bridgehead atoms. The van der Waals surface area contributed by atoms with Crippen LogP contribution in [0.5, 0.6) is 0 Å². The Morgan fingerprint density at radius 2 is 1.65 bits per heavy atom. The van der Waals surface area contributed by atoms with Crippen LogP contribution in [0.2, 0.25) is 5.02 Å². The van der Waals surface area contributed by atoms with Gasteiger partial charge in [0.1, 0.15) is 0 Å². The third kappa shape index (κ3) is 6.13. The molecule has 0 heterocycles. The van der Waals surface area contributed by atoms with Crippen LogP contribution in [-0.4, -0.2) is 25.4 Å². The van der Waals surface area contributed by atoms with Gasteiger partial charge in [-0.25, -0.2) is 17.9 Å². The number of alkyl halides is 3. The van der Waals surface area contributed by atoms with Crippen LogP contribution in [0.15, 0.2) is 71.6 Å². The lowest BCUT2D eigenvalue weighted by molar-refractivity contribution is -0.137. The highest BCUT2D eigenvalue weighted by Crippen LogP contribution is 2.29. The molecule has 0 aliphatic heterocycles. The van der Waals surface area contributed by atoms with E-state index in [0.29, 0.717) is 0 Å². The molecule has 34 heavy (non-hydrogen) atoms. The summed E-state index contributed by atoms with van der Waals surface area (Å²) < 4.78 is 65.7.